The first-order valence-corrected chi connectivity index (χ1v) is 7.29. The molecule has 0 saturated carbocycles. The zero-order valence-electron chi connectivity index (χ0n) is 11.9. The fourth-order valence-corrected chi connectivity index (χ4v) is 2.82. The lowest BCUT2D eigenvalue weighted by atomic mass is 10.2. The van der Waals surface area contributed by atoms with Crippen LogP contribution >= 0.6 is 11.3 Å². The van der Waals surface area contributed by atoms with Crippen LogP contribution in [0.5, 0.6) is 0 Å². The second-order valence-corrected chi connectivity index (χ2v) is 5.58. The zero-order chi connectivity index (χ0) is 14.5. The number of nitrogens with zero attached hydrogens (tertiary/aromatic N) is 3. The SMILES string of the molecule is CCc1ncc(CN(C)c2ncccc2C(=O)NC)s1. The van der Waals surface area contributed by atoms with Gasteiger partial charge >= 0.3 is 0 Å². The Morgan fingerprint density at radius 1 is 1.45 bits per heavy atom. The molecule has 106 valence electrons. The first-order valence-electron chi connectivity index (χ1n) is 6.47. The van der Waals surface area contributed by atoms with E-state index < -0.39 is 0 Å². The summed E-state index contributed by atoms with van der Waals surface area (Å²) in [5, 5.41) is 3.76. The molecule has 1 amide bonds. The number of aromatic nitrogens is 2. The second kappa shape index (κ2) is 6.47. The van der Waals surface area contributed by atoms with Crippen molar-refractivity contribution in [3.63, 3.8) is 0 Å². The van der Waals surface area contributed by atoms with Gasteiger partial charge in [0.05, 0.1) is 17.1 Å². The minimum atomic E-state index is -0.126. The Morgan fingerprint density at radius 3 is 2.90 bits per heavy atom. The van der Waals surface area contributed by atoms with Crippen molar-refractivity contribution >= 4 is 23.1 Å². The summed E-state index contributed by atoms with van der Waals surface area (Å²) in [6.45, 7) is 2.79. The molecule has 2 aromatic heterocycles. The molecule has 0 aliphatic heterocycles. The Morgan fingerprint density at radius 2 is 2.25 bits per heavy atom. The molecule has 0 atom stereocenters. The van der Waals surface area contributed by atoms with Crippen molar-refractivity contribution in [1.82, 2.24) is 15.3 Å². The second-order valence-electron chi connectivity index (χ2n) is 4.38. The van der Waals surface area contributed by atoms with Crippen molar-refractivity contribution < 1.29 is 4.79 Å². The van der Waals surface area contributed by atoms with Gasteiger partial charge in [-0.05, 0) is 18.6 Å². The van der Waals surface area contributed by atoms with Crippen LogP contribution in [0.15, 0.2) is 24.5 Å². The molecule has 1 N–H and O–H groups in total. The molecule has 2 heterocycles. The third-order valence-electron chi connectivity index (χ3n) is 2.92. The molecular formula is C14H18N4OS. The van der Waals surface area contributed by atoms with E-state index >= 15 is 0 Å². The molecular weight excluding hydrogens is 272 g/mol. The molecule has 2 aromatic rings. The minimum Gasteiger partial charge on any atom is -0.355 e. The van der Waals surface area contributed by atoms with E-state index in [0.29, 0.717) is 17.9 Å². The van der Waals surface area contributed by atoms with Gasteiger partial charge in [-0.3, -0.25) is 4.79 Å². The Labute approximate surface area is 122 Å². The molecule has 0 aliphatic rings. The predicted octanol–water partition coefficient (Wildman–Crippen LogP) is 2.10. The van der Waals surface area contributed by atoms with E-state index in [2.05, 4.69) is 22.2 Å². The molecule has 20 heavy (non-hydrogen) atoms. The van der Waals surface area contributed by atoms with Gasteiger partial charge in [0.2, 0.25) is 0 Å². The molecule has 0 bridgehead atoms. The van der Waals surface area contributed by atoms with Gasteiger partial charge in [-0.1, -0.05) is 6.92 Å². The Kier molecular flexibility index (Phi) is 4.68. The number of thiazole rings is 1. The maximum absolute atomic E-state index is 11.9. The third kappa shape index (κ3) is 3.14. The monoisotopic (exact) mass is 290 g/mol. The summed E-state index contributed by atoms with van der Waals surface area (Å²) >= 11 is 1.69. The number of aryl methyl sites for hydroxylation is 1. The summed E-state index contributed by atoms with van der Waals surface area (Å²) in [4.78, 5) is 23.7. The number of anilines is 1. The molecule has 0 fully saturated rings. The highest BCUT2D eigenvalue weighted by Crippen LogP contribution is 2.21. The van der Waals surface area contributed by atoms with Crippen LogP contribution in [0.3, 0.4) is 0 Å². The number of rotatable bonds is 5. The highest BCUT2D eigenvalue weighted by atomic mass is 32.1. The molecule has 0 aliphatic carbocycles. The molecule has 0 saturated heterocycles. The first kappa shape index (κ1) is 14.5. The zero-order valence-corrected chi connectivity index (χ0v) is 12.7. The van der Waals surface area contributed by atoms with Crippen molar-refractivity contribution in [3.05, 3.63) is 40.0 Å². The van der Waals surface area contributed by atoms with Crippen LogP contribution in [0.1, 0.15) is 27.2 Å². The molecule has 0 aromatic carbocycles. The Bertz CT molecular complexity index is 596. The van der Waals surface area contributed by atoms with Crippen LogP contribution in [0, 0.1) is 0 Å². The van der Waals surface area contributed by atoms with Gasteiger partial charge in [-0.2, -0.15) is 0 Å². The third-order valence-corrected chi connectivity index (χ3v) is 4.04. The predicted molar refractivity (Wildman–Crippen MR) is 81.2 cm³/mol. The van der Waals surface area contributed by atoms with Gasteiger partial charge in [0.25, 0.3) is 5.91 Å². The van der Waals surface area contributed by atoms with Gasteiger partial charge in [-0.15, -0.1) is 11.3 Å². The largest absolute Gasteiger partial charge is 0.355 e. The van der Waals surface area contributed by atoms with Crippen molar-refractivity contribution in [3.8, 4) is 0 Å². The van der Waals surface area contributed by atoms with Crippen molar-refractivity contribution in [2.24, 2.45) is 0 Å². The van der Waals surface area contributed by atoms with Gasteiger partial charge in [0.15, 0.2) is 0 Å². The van der Waals surface area contributed by atoms with E-state index in [1.165, 1.54) is 0 Å². The average molecular weight is 290 g/mol. The van der Waals surface area contributed by atoms with Crippen LogP contribution in [0.4, 0.5) is 5.82 Å². The van der Waals surface area contributed by atoms with Gasteiger partial charge in [-0.25, -0.2) is 9.97 Å². The van der Waals surface area contributed by atoms with E-state index in [1.54, 1.807) is 36.7 Å². The lowest BCUT2D eigenvalue weighted by Crippen LogP contribution is -2.24. The molecule has 0 spiro atoms. The fourth-order valence-electron chi connectivity index (χ4n) is 1.91. The number of pyridine rings is 1. The van der Waals surface area contributed by atoms with E-state index in [0.717, 1.165) is 16.3 Å². The quantitative estimate of drug-likeness (QED) is 0.916. The molecule has 5 nitrogen and oxygen atoms in total. The molecule has 2 rings (SSSR count). The topological polar surface area (TPSA) is 58.1 Å². The Balaban J connectivity index is 2.20. The van der Waals surface area contributed by atoms with E-state index in [1.807, 2.05) is 18.1 Å². The summed E-state index contributed by atoms with van der Waals surface area (Å²) in [7, 11) is 3.55. The van der Waals surface area contributed by atoms with Crippen molar-refractivity contribution in [2.75, 3.05) is 19.0 Å². The molecule has 0 radical (unpaired) electrons. The van der Waals surface area contributed by atoms with Crippen LogP contribution in [0.25, 0.3) is 0 Å². The average Bonchev–Trinajstić information content (AvgIpc) is 2.94. The summed E-state index contributed by atoms with van der Waals surface area (Å²) in [5.74, 6) is 0.553. The number of carbonyl (C=O) groups excluding carboxylic acids is 1. The molecule has 0 unspecified atom stereocenters. The van der Waals surface area contributed by atoms with Crippen LogP contribution in [0.2, 0.25) is 0 Å². The number of hydrogen-bond acceptors (Lipinski definition) is 5. The first-order chi connectivity index (χ1) is 9.65. The normalized spacial score (nSPS) is 10.3. The van der Waals surface area contributed by atoms with Gasteiger partial charge in [0.1, 0.15) is 5.82 Å². The maximum Gasteiger partial charge on any atom is 0.254 e. The van der Waals surface area contributed by atoms with Crippen molar-refractivity contribution in [2.45, 2.75) is 19.9 Å². The van der Waals surface area contributed by atoms with E-state index in [9.17, 15) is 4.79 Å². The standard InChI is InChI=1S/C14H18N4OS/c1-4-12-17-8-10(20-12)9-18(3)13-11(14(19)15-2)6-5-7-16-13/h5-8H,4,9H2,1-3H3,(H,15,19). The van der Waals surface area contributed by atoms with Gasteiger partial charge < -0.3 is 10.2 Å². The highest BCUT2D eigenvalue weighted by Gasteiger charge is 2.15. The van der Waals surface area contributed by atoms with Gasteiger partial charge in [0, 0.05) is 31.4 Å². The van der Waals surface area contributed by atoms with E-state index in [4.69, 9.17) is 0 Å². The smallest absolute Gasteiger partial charge is 0.254 e. The number of amides is 1. The van der Waals surface area contributed by atoms with E-state index in [-0.39, 0.29) is 5.91 Å². The van der Waals surface area contributed by atoms with Crippen LogP contribution in [-0.2, 0) is 13.0 Å². The summed E-state index contributed by atoms with van der Waals surface area (Å²) in [6.07, 6.45) is 4.53. The van der Waals surface area contributed by atoms with Crippen LogP contribution in [-0.4, -0.2) is 30.0 Å². The maximum atomic E-state index is 11.9. The Hall–Kier alpha value is -1.95. The van der Waals surface area contributed by atoms with Crippen LogP contribution < -0.4 is 10.2 Å². The highest BCUT2D eigenvalue weighted by molar-refractivity contribution is 7.11. The number of carbonyl (C=O) groups is 1. The minimum absolute atomic E-state index is 0.126. The summed E-state index contributed by atoms with van der Waals surface area (Å²) in [5.41, 5.74) is 0.581. The van der Waals surface area contributed by atoms with Crippen molar-refractivity contribution in [1.29, 1.82) is 0 Å². The lowest BCUT2D eigenvalue weighted by Gasteiger charge is -2.19. The summed E-state index contributed by atoms with van der Waals surface area (Å²) < 4.78 is 0. The number of hydrogen-bond donors (Lipinski definition) is 1. The fraction of sp³-hybridized carbons (Fsp3) is 0.357. The summed E-state index contributed by atoms with van der Waals surface area (Å²) in [6, 6.07) is 3.55. The number of nitrogens with one attached hydrogen (secondary N) is 1. The molecule has 6 heteroatoms. The lowest BCUT2D eigenvalue weighted by molar-refractivity contribution is 0.0963.